The zero-order valence-corrected chi connectivity index (χ0v) is 17.2. The van der Waals surface area contributed by atoms with Crippen LogP contribution in [0.15, 0.2) is 47.8 Å². The molecule has 0 unspecified atom stereocenters. The molecule has 4 bridgehead atoms. The van der Waals surface area contributed by atoms with E-state index in [0.29, 0.717) is 12.0 Å². The molecule has 1 atom stereocenters. The molecule has 4 aliphatic carbocycles. The van der Waals surface area contributed by atoms with E-state index in [-0.39, 0.29) is 11.9 Å². The summed E-state index contributed by atoms with van der Waals surface area (Å²) in [6.45, 7) is 1.25. The van der Waals surface area contributed by atoms with Gasteiger partial charge in [-0.05, 0) is 78.7 Å². The number of nitrogens with one attached hydrogen (secondary N) is 2. The van der Waals surface area contributed by atoms with E-state index in [2.05, 4.69) is 52.4 Å². The molecule has 1 aromatic carbocycles. The number of benzene rings is 1. The van der Waals surface area contributed by atoms with Gasteiger partial charge >= 0.3 is 0 Å². The maximum atomic E-state index is 12.7. The van der Waals surface area contributed by atoms with E-state index < -0.39 is 0 Å². The SMILES string of the molecule is O=C(CN[C@H](c1ccccc1)c1cccs1)NCC12CC3CC(CC(C3)C1)C2. The van der Waals surface area contributed by atoms with Crippen LogP contribution < -0.4 is 10.6 Å². The standard InChI is InChI=1S/C24H30N2OS/c27-22(26-16-24-12-17-9-18(13-24)11-19(10-17)14-24)15-25-23(21-7-4-8-28-21)20-5-2-1-3-6-20/h1-8,17-19,23,25H,9-16H2,(H,26,27)/t17?,18?,19?,23-,24?/m1/s1. The van der Waals surface area contributed by atoms with Crippen LogP contribution in [0.4, 0.5) is 0 Å². The van der Waals surface area contributed by atoms with E-state index in [1.807, 2.05) is 6.07 Å². The lowest BCUT2D eigenvalue weighted by Crippen LogP contribution is -2.52. The number of amides is 1. The Morgan fingerprint density at radius 3 is 2.29 bits per heavy atom. The first-order valence-electron chi connectivity index (χ1n) is 10.8. The van der Waals surface area contributed by atoms with Crippen molar-refractivity contribution in [2.45, 2.75) is 44.6 Å². The summed E-state index contributed by atoms with van der Waals surface area (Å²) in [4.78, 5) is 13.9. The lowest BCUT2D eigenvalue weighted by atomic mass is 9.49. The second kappa shape index (κ2) is 7.64. The van der Waals surface area contributed by atoms with E-state index in [0.717, 1.165) is 24.3 Å². The van der Waals surface area contributed by atoms with Crippen molar-refractivity contribution in [1.82, 2.24) is 10.6 Å². The molecule has 0 aliphatic heterocycles. The molecule has 3 nitrogen and oxygen atoms in total. The number of carbonyl (C=O) groups excluding carboxylic acids is 1. The summed E-state index contributed by atoms with van der Waals surface area (Å²) in [5.74, 6) is 2.93. The summed E-state index contributed by atoms with van der Waals surface area (Å²) in [6.07, 6.45) is 8.38. The largest absolute Gasteiger partial charge is 0.354 e. The van der Waals surface area contributed by atoms with E-state index >= 15 is 0 Å². The Labute approximate surface area is 171 Å². The summed E-state index contributed by atoms with van der Waals surface area (Å²) in [6, 6.07) is 14.7. The Bertz CT molecular complexity index is 766. The molecule has 2 aromatic rings. The van der Waals surface area contributed by atoms with Crippen molar-refractivity contribution in [2.24, 2.45) is 23.2 Å². The molecule has 4 aliphatic rings. The lowest BCUT2D eigenvalue weighted by molar-refractivity contribution is -0.122. The van der Waals surface area contributed by atoms with Gasteiger partial charge in [-0.2, -0.15) is 0 Å². The van der Waals surface area contributed by atoms with Gasteiger partial charge in [0.05, 0.1) is 12.6 Å². The molecule has 1 amide bonds. The third-order valence-corrected chi connectivity index (χ3v) is 8.19. The minimum atomic E-state index is 0.0755. The maximum absolute atomic E-state index is 12.7. The predicted molar refractivity (Wildman–Crippen MR) is 114 cm³/mol. The third-order valence-electron chi connectivity index (χ3n) is 7.25. The molecule has 1 heterocycles. The Morgan fingerprint density at radius 1 is 1.00 bits per heavy atom. The van der Waals surface area contributed by atoms with Gasteiger partial charge in [0.2, 0.25) is 5.91 Å². The Kier molecular flexibility index (Phi) is 5.02. The quantitative estimate of drug-likeness (QED) is 0.711. The molecule has 6 rings (SSSR count). The molecule has 28 heavy (non-hydrogen) atoms. The molecule has 4 fully saturated rings. The number of hydrogen-bond donors (Lipinski definition) is 2. The molecule has 148 valence electrons. The summed E-state index contributed by atoms with van der Waals surface area (Å²) in [5.41, 5.74) is 1.61. The van der Waals surface area contributed by atoms with Gasteiger partial charge in [0.25, 0.3) is 0 Å². The average Bonchev–Trinajstić information content (AvgIpc) is 3.21. The van der Waals surface area contributed by atoms with Crippen LogP contribution in [0.2, 0.25) is 0 Å². The molecule has 0 spiro atoms. The van der Waals surface area contributed by atoms with Crippen LogP contribution in [0, 0.1) is 23.2 Å². The van der Waals surface area contributed by atoms with Crippen molar-refractivity contribution in [3.63, 3.8) is 0 Å². The van der Waals surface area contributed by atoms with Crippen LogP contribution in [-0.4, -0.2) is 19.0 Å². The van der Waals surface area contributed by atoms with Gasteiger partial charge in [-0.15, -0.1) is 11.3 Å². The maximum Gasteiger partial charge on any atom is 0.234 e. The number of carbonyl (C=O) groups is 1. The number of rotatable bonds is 7. The summed E-state index contributed by atoms with van der Waals surface area (Å²) < 4.78 is 0. The van der Waals surface area contributed by atoms with Gasteiger partial charge in [-0.1, -0.05) is 36.4 Å². The fraction of sp³-hybridized carbons (Fsp3) is 0.542. The highest BCUT2D eigenvalue weighted by molar-refractivity contribution is 7.10. The van der Waals surface area contributed by atoms with Crippen molar-refractivity contribution in [2.75, 3.05) is 13.1 Å². The Morgan fingerprint density at radius 2 is 1.68 bits per heavy atom. The highest BCUT2D eigenvalue weighted by atomic mass is 32.1. The Hall–Kier alpha value is -1.65. The number of hydrogen-bond acceptors (Lipinski definition) is 3. The van der Waals surface area contributed by atoms with E-state index in [1.165, 1.54) is 49.0 Å². The van der Waals surface area contributed by atoms with E-state index in [9.17, 15) is 4.79 Å². The lowest BCUT2D eigenvalue weighted by Gasteiger charge is -2.56. The minimum Gasteiger partial charge on any atom is -0.354 e. The molecular formula is C24H30N2OS. The minimum absolute atomic E-state index is 0.0755. The highest BCUT2D eigenvalue weighted by Crippen LogP contribution is 2.59. The monoisotopic (exact) mass is 394 g/mol. The highest BCUT2D eigenvalue weighted by Gasteiger charge is 2.50. The molecule has 1 aromatic heterocycles. The fourth-order valence-corrected chi connectivity index (χ4v) is 7.36. The van der Waals surface area contributed by atoms with Crippen LogP contribution in [-0.2, 0) is 4.79 Å². The third kappa shape index (κ3) is 3.77. The van der Waals surface area contributed by atoms with E-state index in [4.69, 9.17) is 0 Å². The Balaban J connectivity index is 1.19. The van der Waals surface area contributed by atoms with Gasteiger partial charge in [0.1, 0.15) is 0 Å². The number of thiophene rings is 1. The van der Waals surface area contributed by atoms with Gasteiger partial charge in [-0.3, -0.25) is 10.1 Å². The normalized spacial score (nSPS) is 31.6. The molecular weight excluding hydrogens is 364 g/mol. The van der Waals surface area contributed by atoms with Crippen molar-refractivity contribution < 1.29 is 4.79 Å². The van der Waals surface area contributed by atoms with Gasteiger partial charge in [-0.25, -0.2) is 0 Å². The second-order valence-electron chi connectivity index (χ2n) is 9.43. The zero-order chi connectivity index (χ0) is 19.0. The topological polar surface area (TPSA) is 41.1 Å². The van der Waals surface area contributed by atoms with Crippen LogP contribution >= 0.6 is 11.3 Å². The molecule has 0 radical (unpaired) electrons. The van der Waals surface area contributed by atoms with Crippen molar-refractivity contribution in [1.29, 1.82) is 0 Å². The smallest absolute Gasteiger partial charge is 0.234 e. The predicted octanol–water partition coefficient (Wildman–Crippen LogP) is 4.76. The first-order valence-corrected chi connectivity index (χ1v) is 11.7. The molecule has 4 saturated carbocycles. The fourth-order valence-electron chi connectivity index (χ4n) is 6.53. The molecule has 2 N–H and O–H groups in total. The summed E-state index contributed by atoms with van der Waals surface area (Å²) >= 11 is 1.74. The van der Waals surface area contributed by atoms with Gasteiger partial charge < -0.3 is 5.32 Å². The van der Waals surface area contributed by atoms with E-state index in [1.54, 1.807) is 11.3 Å². The van der Waals surface area contributed by atoms with Crippen molar-refractivity contribution >= 4 is 17.2 Å². The average molecular weight is 395 g/mol. The molecule has 0 saturated heterocycles. The van der Waals surface area contributed by atoms with Crippen LogP contribution in [0.1, 0.15) is 55.0 Å². The first kappa shape index (κ1) is 18.4. The van der Waals surface area contributed by atoms with Crippen LogP contribution in [0.3, 0.4) is 0 Å². The summed E-state index contributed by atoms with van der Waals surface area (Å²) in [7, 11) is 0. The van der Waals surface area contributed by atoms with Gasteiger partial charge in [0.15, 0.2) is 0 Å². The zero-order valence-electron chi connectivity index (χ0n) is 16.4. The van der Waals surface area contributed by atoms with Crippen LogP contribution in [0.25, 0.3) is 0 Å². The summed E-state index contributed by atoms with van der Waals surface area (Å²) in [5, 5.41) is 8.89. The molecule has 4 heteroatoms. The van der Waals surface area contributed by atoms with Gasteiger partial charge in [0, 0.05) is 11.4 Å². The second-order valence-corrected chi connectivity index (χ2v) is 10.4. The van der Waals surface area contributed by atoms with Crippen LogP contribution in [0.5, 0.6) is 0 Å². The van der Waals surface area contributed by atoms with Crippen molar-refractivity contribution in [3.8, 4) is 0 Å². The van der Waals surface area contributed by atoms with Crippen molar-refractivity contribution in [3.05, 3.63) is 58.3 Å². The first-order chi connectivity index (χ1) is 13.7.